The molecule has 3 atom stereocenters. The Labute approximate surface area is 134 Å². The standard InChI is InChI=1S/C17H33N3O2/c1-6-17(21,7-2)11-19-15(18-5)20-13-12-9-8-10-22-14(12)16(13,3)4/h12-14,21H,6-11H2,1-5H3,(H2,18,19,20). The molecule has 5 nitrogen and oxygen atoms in total. The number of aliphatic hydroxyl groups is 1. The zero-order chi connectivity index (χ0) is 16.4. The number of hydrogen-bond acceptors (Lipinski definition) is 3. The first-order valence-corrected chi connectivity index (χ1v) is 8.69. The molecule has 1 saturated carbocycles. The number of rotatable bonds is 5. The van der Waals surface area contributed by atoms with Crippen LogP contribution >= 0.6 is 0 Å². The summed E-state index contributed by atoms with van der Waals surface area (Å²) in [7, 11) is 1.78. The predicted octanol–water partition coefficient (Wildman–Crippen LogP) is 1.91. The van der Waals surface area contributed by atoms with Crippen molar-refractivity contribution in [2.24, 2.45) is 16.3 Å². The van der Waals surface area contributed by atoms with Crippen molar-refractivity contribution in [2.45, 2.75) is 71.1 Å². The SMILES string of the molecule is CCC(O)(CC)CNC(=NC)NC1C2CCCOC2C1(C)C. The number of nitrogens with zero attached hydrogens (tertiary/aromatic N) is 1. The quantitative estimate of drug-likeness (QED) is 0.536. The maximum atomic E-state index is 10.4. The molecule has 0 aromatic heterocycles. The molecule has 1 aliphatic carbocycles. The van der Waals surface area contributed by atoms with Crippen LogP contribution in [0, 0.1) is 11.3 Å². The van der Waals surface area contributed by atoms with Crippen molar-refractivity contribution in [3.8, 4) is 0 Å². The van der Waals surface area contributed by atoms with E-state index >= 15 is 0 Å². The van der Waals surface area contributed by atoms with Crippen LogP contribution in [0.2, 0.25) is 0 Å². The normalized spacial score (nSPS) is 31.2. The average Bonchev–Trinajstić information content (AvgIpc) is 2.54. The van der Waals surface area contributed by atoms with Crippen molar-refractivity contribution < 1.29 is 9.84 Å². The molecule has 1 aliphatic heterocycles. The maximum absolute atomic E-state index is 10.4. The van der Waals surface area contributed by atoms with Gasteiger partial charge in [0.1, 0.15) is 0 Å². The lowest BCUT2D eigenvalue weighted by Gasteiger charge is -2.60. The fourth-order valence-electron chi connectivity index (χ4n) is 3.91. The van der Waals surface area contributed by atoms with Gasteiger partial charge in [0.05, 0.1) is 11.7 Å². The third kappa shape index (κ3) is 3.25. The summed E-state index contributed by atoms with van der Waals surface area (Å²) in [6.07, 6.45) is 4.20. The maximum Gasteiger partial charge on any atom is 0.191 e. The molecule has 1 saturated heterocycles. The van der Waals surface area contributed by atoms with E-state index in [0.717, 1.165) is 31.8 Å². The highest BCUT2D eigenvalue weighted by Crippen LogP contribution is 2.51. The van der Waals surface area contributed by atoms with Crippen molar-refractivity contribution in [1.82, 2.24) is 10.6 Å². The summed E-state index contributed by atoms with van der Waals surface area (Å²) in [5, 5.41) is 17.3. The fourth-order valence-corrected chi connectivity index (χ4v) is 3.91. The van der Waals surface area contributed by atoms with E-state index in [1.165, 1.54) is 6.42 Å². The molecule has 2 fully saturated rings. The Kier molecular flexibility index (Phi) is 5.38. The molecule has 3 N–H and O–H groups in total. The van der Waals surface area contributed by atoms with Gasteiger partial charge in [-0.25, -0.2) is 0 Å². The second-order valence-corrected chi connectivity index (χ2v) is 7.40. The fraction of sp³-hybridized carbons (Fsp3) is 0.941. The summed E-state index contributed by atoms with van der Waals surface area (Å²) < 4.78 is 5.95. The average molecular weight is 311 g/mol. The van der Waals surface area contributed by atoms with E-state index in [0.29, 0.717) is 24.6 Å². The zero-order valence-corrected chi connectivity index (χ0v) is 14.8. The minimum Gasteiger partial charge on any atom is -0.388 e. The van der Waals surface area contributed by atoms with E-state index in [2.05, 4.69) is 29.5 Å². The van der Waals surface area contributed by atoms with E-state index in [1.807, 2.05) is 13.8 Å². The first-order valence-electron chi connectivity index (χ1n) is 8.69. The molecule has 0 amide bonds. The van der Waals surface area contributed by atoms with Gasteiger partial charge in [-0.15, -0.1) is 0 Å². The van der Waals surface area contributed by atoms with Gasteiger partial charge in [0.25, 0.3) is 0 Å². The summed E-state index contributed by atoms with van der Waals surface area (Å²) >= 11 is 0. The third-order valence-corrected chi connectivity index (χ3v) is 5.75. The van der Waals surface area contributed by atoms with Gasteiger partial charge in [-0.2, -0.15) is 0 Å². The van der Waals surface area contributed by atoms with Gasteiger partial charge >= 0.3 is 0 Å². The minimum atomic E-state index is -0.663. The first-order chi connectivity index (χ1) is 10.4. The van der Waals surface area contributed by atoms with Gasteiger partial charge < -0.3 is 20.5 Å². The van der Waals surface area contributed by atoms with Crippen LogP contribution in [-0.4, -0.2) is 49.0 Å². The van der Waals surface area contributed by atoms with Crippen molar-refractivity contribution in [1.29, 1.82) is 0 Å². The van der Waals surface area contributed by atoms with E-state index in [4.69, 9.17) is 4.74 Å². The number of nitrogens with one attached hydrogen (secondary N) is 2. The second kappa shape index (κ2) is 6.75. The van der Waals surface area contributed by atoms with Gasteiger partial charge in [0, 0.05) is 37.6 Å². The van der Waals surface area contributed by atoms with Crippen LogP contribution in [0.5, 0.6) is 0 Å². The molecule has 0 radical (unpaired) electrons. The molecular weight excluding hydrogens is 278 g/mol. The van der Waals surface area contributed by atoms with E-state index in [9.17, 15) is 5.11 Å². The monoisotopic (exact) mass is 311 g/mol. The van der Waals surface area contributed by atoms with Crippen LogP contribution in [-0.2, 0) is 4.74 Å². The second-order valence-electron chi connectivity index (χ2n) is 7.40. The summed E-state index contributed by atoms with van der Waals surface area (Å²) in [4.78, 5) is 4.33. The Hall–Kier alpha value is -0.810. The highest BCUT2D eigenvalue weighted by molar-refractivity contribution is 5.80. The third-order valence-electron chi connectivity index (χ3n) is 5.75. The molecule has 0 spiro atoms. The number of ether oxygens (including phenoxy) is 1. The molecule has 128 valence electrons. The van der Waals surface area contributed by atoms with Gasteiger partial charge in [-0.1, -0.05) is 27.7 Å². The summed E-state index contributed by atoms with van der Waals surface area (Å²) in [5.74, 6) is 1.35. The van der Waals surface area contributed by atoms with Crippen LogP contribution in [0.15, 0.2) is 4.99 Å². The van der Waals surface area contributed by atoms with Gasteiger partial charge in [-0.05, 0) is 25.7 Å². The van der Waals surface area contributed by atoms with Crippen LogP contribution in [0.4, 0.5) is 0 Å². The van der Waals surface area contributed by atoms with Crippen LogP contribution < -0.4 is 10.6 Å². The molecule has 0 aromatic rings. The highest BCUT2D eigenvalue weighted by atomic mass is 16.5. The number of hydrogen-bond donors (Lipinski definition) is 3. The summed E-state index contributed by atoms with van der Waals surface area (Å²) in [6.45, 7) is 9.97. The topological polar surface area (TPSA) is 65.9 Å². The Morgan fingerprint density at radius 2 is 2.05 bits per heavy atom. The number of fused-ring (bicyclic) bond motifs is 1. The molecule has 2 rings (SSSR count). The number of guanidine groups is 1. The molecular formula is C17H33N3O2. The highest BCUT2D eigenvalue weighted by Gasteiger charge is 2.58. The van der Waals surface area contributed by atoms with Gasteiger partial charge in [-0.3, -0.25) is 4.99 Å². The Morgan fingerprint density at radius 1 is 1.36 bits per heavy atom. The lowest BCUT2D eigenvalue weighted by Crippen LogP contribution is -2.71. The Balaban J connectivity index is 1.93. The molecule has 0 aromatic carbocycles. The van der Waals surface area contributed by atoms with Crippen LogP contribution in [0.3, 0.4) is 0 Å². The van der Waals surface area contributed by atoms with Gasteiger partial charge in [0.2, 0.25) is 0 Å². The molecule has 0 bridgehead atoms. The molecule has 2 aliphatic rings. The minimum absolute atomic E-state index is 0.120. The van der Waals surface area contributed by atoms with E-state index in [-0.39, 0.29) is 5.41 Å². The smallest absolute Gasteiger partial charge is 0.191 e. The molecule has 22 heavy (non-hydrogen) atoms. The summed E-state index contributed by atoms with van der Waals surface area (Å²) in [5.41, 5.74) is -0.544. The lowest BCUT2D eigenvalue weighted by molar-refractivity contribution is -0.188. The van der Waals surface area contributed by atoms with E-state index < -0.39 is 5.60 Å². The van der Waals surface area contributed by atoms with Crippen molar-refractivity contribution in [3.05, 3.63) is 0 Å². The molecule has 1 heterocycles. The molecule has 5 heteroatoms. The van der Waals surface area contributed by atoms with Crippen molar-refractivity contribution >= 4 is 5.96 Å². The van der Waals surface area contributed by atoms with Crippen LogP contribution in [0.1, 0.15) is 53.4 Å². The number of aliphatic imine (C=N–C) groups is 1. The van der Waals surface area contributed by atoms with Crippen LogP contribution in [0.25, 0.3) is 0 Å². The van der Waals surface area contributed by atoms with E-state index in [1.54, 1.807) is 7.05 Å². The van der Waals surface area contributed by atoms with Gasteiger partial charge in [0.15, 0.2) is 5.96 Å². The lowest BCUT2D eigenvalue weighted by atomic mass is 9.55. The Bertz CT molecular complexity index is 405. The first kappa shape index (κ1) is 17.5. The Morgan fingerprint density at radius 3 is 2.64 bits per heavy atom. The zero-order valence-electron chi connectivity index (χ0n) is 14.8. The molecule has 3 unspecified atom stereocenters. The van der Waals surface area contributed by atoms with Crippen molar-refractivity contribution in [2.75, 3.05) is 20.2 Å². The largest absolute Gasteiger partial charge is 0.388 e. The predicted molar refractivity (Wildman–Crippen MR) is 90.1 cm³/mol. The summed E-state index contributed by atoms with van der Waals surface area (Å²) in [6, 6.07) is 0.375. The van der Waals surface area contributed by atoms with Crippen molar-refractivity contribution in [3.63, 3.8) is 0 Å².